The van der Waals surface area contributed by atoms with Gasteiger partial charge in [-0.3, -0.25) is 0 Å². The van der Waals surface area contributed by atoms with Crippen LogP contribution in [0.2, 0.25) is 0 Å². The van der Waals surface area contributed by atoms with E-state index in [1.807, 2.05) is 6.92 Å². The van der Waals surface area contributed by atoms with Crippen LogP contribution in [0.1, 0.15) is 39.0 Å². The highest BCUT2D eigenvalue weighted by molar-refractivity contribution is 5.83. The summed E-state index contributed by atoms with van der Waals surface area (Å²) in [4.78, 5) is 11.3. The zero-order valence-electron chi connectivity index (χ0n) is 12.1. The molecule has 3 aliphatic rings. The molecule has 0 aromatic carbocycles. The Kier molecular flexibility index (Phi) is 4.05. The molecule has 21 heavy (non-hydrogen) atoms. The van der Waals surface area contributed by atoms with E-state index in [0.29, 0.717) is 32.1 Å². The molecule has 3 aliphatic heterocycles. The van der Waals surface area contributed by atoms with Gasteiger partial charge in [0.25, 0.3) is 0 Å². The molecule has 2 fully saturated rings. The molecule has 118 valence electrons. The number of rotatable bonds is 3. The molecular formula is C15H22O6. The summed E-state index contributed by atoms with van der Waals surface area (Å²) >= 11 is 0. The van der Waals surface area contributed by atoms with Gasteiger partial charge in [-0.15, -0.1) is 0 Å². The van der Waals surface area contributed by atoms with E-state index in [1.54, 1.807) is 6.08 Å². The van der Waals surface area contributed by atoms with E-state index < -0.39 is 18.0 Å². The maximum atomic E-state index is 11.3. The van der Waals surface area contributed by atoms with Crippen molar-refractivity contribution in [3.8, 4) is 0 Å². The van der Waals surface area contributed by atoms with E-state index in [2.05, 4.69) is 0 Å². The van der Waals surface area contributed by atoms with Crippen LogP contribution in [0.3, 0.4) is 0 Å². The Labute approximate surface area is 123 Å². The first-order valence-corrected chi connectivity index (χ1v) is 7.60. The zero-order chi connectivity index (χ0) is 15.0. The van der Waals surface area contributed by atoms with Gasteiger partial charge in [0.05, 0.1) is 18.3 Å². The highest BCUT2D eigenvalue weighted by Gasteiger charge is 2.53. The number of carbonyl (C=O) groups excluding carboxylic acids is 1. The summed E-state index contributed by atoms with van der Waals surface area (Å²) in [6.07, 6.45) is 3.55. The smallest absolute Gasteiger partial charge is 0.330 e. The van der Waals surface area contributed by atoms with Gasteiger partial charge in [0.1, 0.15) is 12.2 Å². The van der Waals surface area contributed by atoms with Crippen LogP contribution in [0.25, 0.3) is 0 Å². The molecule has 0 bridgehead atoms. The second-order valence-corrected chi connectivity index (χ2v) is 6.16. The summed E-state index contributed by atoms with van der Waals surface area (Å²) in [5.41, 5.74) is 0. The second kappa shape index (κ2) is 5.68. The monoisotopic (exact) mass is 298 g/mol. The number of aliphatic hydroxyl groups is 2. The van der Waals surface area contributed by atoms with Crippen LogP contribution in [0, 0.1) is 0 Å². The average molecular weight is 298 g/mol. The van der Waals surface area contributed by atoms with Crippen molar-refractivity contribution in [3.05, 3.63) is 12.2 Å². The first-order valence-electron chi connectivity index (χ1n) is 7.60. The lowest BCUT2D eigenvalue weighted by Gasteiger charge is -2.40. The predicted octanol–water partition coefficient (Wildman–Crippen LogP) is 0.654. The van der Waals surface area contributed by atoms with Gasteiger partial charge in [0, 0.05) is 18.9 Å². The number of esters is 1. The lowest BCUT2D eigenvalue weighted by Crippen LogP contribution is -2.47. The van der Waals surface area contributed by atoms with Crippen LogP contribution < -0.4 is 0 Å². The minimum absolute atomic E-state index is 0.247. The summed E-state index contributed by atoms with van der Waals surface area (Å²) in [5.74, 6) is -1.29. The van der Waals surface area contributed by atoms with E-state index in [0.717, 1.165) is 0 Å². The van der Waals surface area contributed by atoms with E-state index in [1.165, 1.54) is 6.08 Å². The topological polar surface area (TPSA) is 85.2 Å². The molecule has 1 spiro atoms. The summed E-state index contributed by atoms with van der Waals surface area (Å²) in [5, 5.41) is 19.9. The fourth-order valence-corrected chi connectivity index (χ4v) is 3.40. The number of hydrogen-bond donors (Lipinski definition) is 2. The molecule has 6 nitrogen and oxygen atoms in total. The van der Waals surface area contributed by atoms with Crippen molar-refractivity contribution in [1.29, 1.82) is 0 Å². The standard InChI is InChI=1S/C15H22O6/c1-2-9(16)5-11-6-10(17)7-15(20-11)8-13-12(21-15)3-4-14(18)19-13/h3-4,9-13,16-17H,2,5-8H2,1H3/t9-,10?,11+,12-,13-,15+/m1/s1. The predicted molar refractivity (Wildman–Crippen MR) is 72.3 cm³/mol. The van der Waals surface area contributed by atoms with E-state index in [4.69, 9.17) is 14.2 Å². The molecule has 1 unspecified atom stereocenters. The molecule has 6 atom stereocenters. The first-order chi connectivity index (χ1) is 9.99. The molecule has 2 saturated heterocycles. The van der Waals surface area contributed by atoms with Gasteiger partial charge < -0.3 is 24.4 Å². The Hall–Kier alpha value is -0.950. The van der Waals surface area contributed by atoms with E-state index >= 15 is 0 Å². The number of hydrogen-bond acceptors (Lipinski definition) is 6. The number of fused-ring (bicyclic) bond motifs is 1. The molecular weight excluding hydrogens is 276 g/mol. The number of carbonyl (C=O) groups is 1. The van der Waals surface area contributed by atoms with Crippen LogP contribution in [-0.2, 0) is 19.0 Å². The third-order valence-corrected chi connectivity index (χ3v) is 4.39. The summed E-state index contributed by atoms with van der Waals surface area (Å²) in [6, 6.07) is 0. The van der Waals surface area contributed by atoms with Crippen LogP contribution in [-0.4, -0.2) is 52.5 Å². The fourth-order valence-electron chi connectivity index (χ4n) is 3.40. The number of ether oxygens (including phenoxy) is 3. The molecule has 0 aromatic rings. The molecule has 2 N–H and O–H groups in total. The highest BCUT2D eigenvalue weighted by Crippen LogP contribution is 2.43. The number of aliphatic hydroxyl groups excluding tert-OH is 2. The maximum absolute atomic E-state index is 11.3. The fraction of sp³-hybridized carbons (Fsp3) is 0.800. The normalized spacial score (nSPS) is 43.7. The van der Waals surface area contributed by atoms with Crippen molar-refractivity contribution < 1.29 is 29.2 Å². The summed E-state index contributed by atoms with van der Waals surface area (Å²) < 4.78 is 17.2. The average Bonchev–Trinajstić information content (AvgIpc) is 2.73. The SMILES string of the molecule is CC[C@@H](O)C[C@H]1CC(O)C[C@]2(C[C@H]3OC(=O)C=C[C@H]3O2)O1. The molecule has 3 heterocycles. The molecule has 6 heteroatoms. The molecule has 0 amide bonds. The Morgan fingerprint density at radius 3 is 3.00 bits per heavy atom. The van der Waals surface area contributed by atoms with E-state index in [9.17, 15) is 15.0 Å². The van der Waals surface area contributed by atoms with Crippen molar-refractivity contribution in [1.82, 2.24) is 0 Å². The first kappa shape index (κ1) is 15.0. The Bertz CT molecular complexity index is 436. The van der Waals surface area contributed by atoms with Crippen LogP contribution in [0.4, 0.5) is 0 Å². The van der Waals surface area contributed by atoms with Crippen molar-refractivity contribution in [2.24, 2.45) is 0 Å². The van der Waals surface area contributed by atoms with Gasteiger partial charge in [-0.25, -0.2) is 4.79 Å². The minimum atomic E-state index is -0.917. The maximum Gasteiger partial charge on any atom is 0.330 e. The molecule has 0 saturated carbocycles. The molecule has 0 radical (unpaired) electrons. The molecule has 0 aromatic heterocycles. The van der Waals surface area contributed by atoms with Crippen molar-refractivity contribution in [3.63, 3.8) is 0 Å². The lowest BCUT2D eigenvalue weighted by molar-refractivity contribution is -0.285. The largest absolute Gasteiger partial charge is 0.456 e. The Morgan fingerprint density at radius 1 is 1.43 bits per heavy atom. The molecule has 3 rings (SSSR count). The quantitative estimate of drug-likeness (QED) is 0.744. The summed E-state index contributed by atoms with van der Waals surface area (Å²) in [7, 11) is 0. The Balaban J connectivity index is 1.70. The van der Waals surface area contributed by atoms with Crippen molar-refractivity contribution in [2.45, 2.75) is 75.3 Å². The van der Waals surface area contributed by atoms with Crippen LogP contribution in [0.15, 0.2) is 12.2 Å². The third-order valence-electron chi connectivity index (χ3n) is 4.39. The van der Waals surface area contributed by atoms with Crippen molar-refractivity contribution in [2.75, 3.05) is 0 Å². The van der Waals surface area contributed by atoms with Gasteiger partial charge in [-0.05, 0) is 25.3 Å². The zero-order valence-corrected chi connectivity index (χ0v) is 12.1. The minimum Gasteiger partial charge on any atom is -0.456 e. The lowest BCUT2D eigenvalue weighted by atomic mass is 9.92. The third kappa shape index (κ3) is 3.13. The van der Waals surface area contributed by atoms with Gasteiger partial charge in [-0.1, -0.05) is 6.92 Å². The second-order valence-electron chi connectivity index (χ2n) is 6.16. The van der Waals surface area contributed by atoms with Crippen LogP contribution >= 0.6 is 0 Å². The van der Waals surface area contributed by atoms with Gasteiger partial charge in [-0.2, -0.15) is 0 Å². The molecule has 0 aliphatic carbocycles. The van der Waals surface area contributed by atoms with Crippen molar-refractivity contribution >= 4 is 5.97 Å². The van der Waals surface area contributed by atoms with E-state index in [-0.39, 0.29) is 24.3 Å². The van der Waals surface area contributed by atoms with Crippen LogP contribution in [0.5, 0.6) is 0 Å². The van der Waals surface area contributed by atoms with Gasteiger partial charge >= 0.3 is 5.97 Å². The summed E-state index contributed by atoms with van der Waals surface area (Å²) in [6.45, 7) is 1.91. The van der Waals surface area contributed by atoms with Gasteiger partial charge in [0.2, 0.25) is 0 Å². The highest BCUT2D eigenvalue weighted by atomic mass is 16.7. The Morgan fingerprint density at radius 2 is 2.24 bits per heavy atom. The van der Waals surface area contributed by atoms with Gasteiger partial charge in [0.15, 0.2) is 5.79 Å².